The topological polar surface area (TPSA) is 42.1 Å². The molecule has 0 amide bonds. The second-order valence-corrected chi connectivity index (χ2v) is 5.95. The van der Waals surface area contributed by atoms with Gasteiger partial charge < -0.3 is 9.72 Å². The number of aromatic nitrogens is 1. The van der Waals surface area contributed by atoms with Gasteiger partial charge in [0.15, 0.2) is 0 Å². The lowest BCUT2D eigenvalue weighted by Crippen LogP contribution is -2.08. The van der Waals surface area contributed by atoms with E-state index in [1.165, 1.54) is 10.9 Å². The van der Waals surface area contributed by atoms with Crippen LogP contribution in [0.25, 0.3) is 22.0 Å². The standard InChI is InChI=1S/C22H17NO2/c1-15-21(19-9-5-6-10-20(19)23-15)16-11-13-17(14-12-16)22(24)25-18-7-3-2-4-8-18/h2-14,23H,1H3. The minimum atomic E-state index is -0.353. The summed E-state index contributed by atoms with van der Waals surface area (Å²) < 4.78 is 5.38. The third kappa shape index (κ3) is 2.92. The van der Waals surface area contributed by atoms with Gasteiger partial charge >= 0.3 is 5.97 Å². The highest BCUT2D eigenvalue weighted by Crippen LogP contribution is 2.32. The van der Waals surface area contributed by atoms with Gasteiger partial charge in [-0.05, 0) is 42.8 Å². The molecular formula is C22H17NO2. The van der Waals surface area contributed by atoms with Crippen molar-refractivity contribution in [3.63, 3.8) is 0 Å². The molecule has 122 valence electrons. The van der Waals surface area contributed by atoms with E-state index >= 15 is 0 Å². The van der Waals surface area contributed by atoms with Gasteiger partial charge in [-0.15, -0.1) is 0 Å². The number of esters is 1. The molecule has 0 saturated carbocycles. The van der Waals surface area contributed by atoms with Crippen molar-refractivity contribution in [2.45, 2.75) is 6.92 Å². The maximum absolute atomic E-state index is 12.3. The molecule has 0 aliphatic carbocycles. The van der Waals surface area contributed by atoms with Crippen LogP contribution in [0.3, 0.4) is 0 Å². The van der Waals surface area contributed by atoms with Crippen molar-refractivity contribution in [1.82, 2.24) is 4.98 Å². The molecule has 0 atom stereocenters. The van der Waals surface area contributed by atoms with E-state index in [1.807, 2.05) is 54.6 Å². The number of ether oxygens (including phenoxy) is 1. The van der Waals surface area contributed by atoms with Crippen LogP contribution in [0.1, 0.15) is 16.1 Å². The largest absolute Gasteiger partial charge is 0.423 e. The predicted octanol–water partition coefficient (Wildman–Crippen LogP) is 5.36. The molecule has 3 aromatic carbocycles. The lowest BCUT2D eigenvalue weighted by Gasteiger charge is -2.06. The first kappa shape index (κ1) is 15.2. The molecule has 1 aromatic heterocycles. The molecule has 1 N–H and O–H groups in total. The van der Waals surface area contributed by atoms with Crippen LogP contribution in [0.5, 0.6) is 5.75 Å². The summed E-state index contributed by atoms with van der Waals surface area (Å²) in [5.74, 6) is 0.192. The summed E-state index contributed by atoms with van der Waals surface area (Å²) in [7, 11) is 0. The number of aromatic amines is 1. The number of rotatable bonds is 3. The summed E-state index contributed by atoms with van der Waals surface area (Å²) in [5.41, 5.74) is 5.00. The molecule has 0 aliphatic heterocycles. The van der Waals surface area contributed by atoms with E-state index < -0.39 is 0 Å². The smallest absolute Gasteiger partial charge is 0.343 e. The SMILES string of the molecule is Cc1[nH]c2ccccc2c1-c1ccc(C(=O)Oc2ccccc2)cc1. The Hall–Kier alpha value is -3.33. The summed E-state index contributed by atoms with van der Waals surface area (Å²) in [4.78, 5) is 15.7. The van der Waals surface area contributed by atoms with E-state index in [9.17, 15) is 4.79 Å². The molecule has 1 heterocycles. The zero-order valence-electron chi connectivity index (χ0n) is 13.8. The van der Waals surface area contributed by atoms with Crippen LogP contribution in [0, 0.1) is 6.92 Å². The van der Waals surface area contributed by atoms with Gasteiger partial charge in [0.05, 0.1) is 5.56 Å². The first-order valence-corrected chi connectivity index (χ1v) is 8.17. The molecule has 0 aliphatic rings. The quantitative estimate of drug-likeness (QED) is 0.406. The number of carbonyl (C=O) groups excluding carboxylic acids is 1. The fraction of sp³-hybridized carbons (Fsp3) is 0.0455. The zero-order chi connectivity index (χ0) is 17.2. The Morgan fingerprint density at radius 3 is 2.28 bits per heavy atom. The van der Waals surface area contributed by atoms with Crippen molar-refractivity contribution in [3.05, 3.63) is 90.1 Å². The second-order valence-electron chi connectivity index (χ2n) is 5.95. The summed E-state index contributed by atoms with van der Waals surface area (Å²) in [6, 6.07) is 24.9. The number of hydrogen-bond acceptors (Lipinski definition) is 2. The Bertz CT molecular complexity index is 1030. The van der Waals surface area contributed by atoms with Crippen LogP contribution < -0.4 is 4.74 Å². The minimum Gasteiger partial charge on any atom is -0.423 e. The molecule has 4 aromatic rings. The maximum Gasteiger partial charge on any atom is 0.343 e. The molecule has 0 fully saturated rings. The fourth-order valence-corrected chi connectivity index (χ4v) is 3.08. The Morgan fingerprint density at radius 1 is 0.840 bits per heavy atom. The van der Waals surface area contributed by atoms with E-state index in [-0.39, 0.29) is 5.97 Å². The molecule has 0 radical (unpaired) electrons. The van der Waals surface area contributed by atoms with Crippen molar-refractivity contribution < 1.29 is 9.53 Å². The highest BCUT2D eigenvalue weighted by molar-refractivity contribution is 5.98. The number of hydrogen-bond donors (Lipinski definition) is 1. The monoisotopic (exact) mass is 327 g/mol. The van der Waals surface area contributed by atoms with Gasteiger partial charge in [0.25, 0.3) is 0 Å². The Balaban J connectivity index is 1.63. The van der Waals surface area contributed by atoms with Gasteiger partial charge in [0.2, 0.25) is 0 Å². The van der Waals surface area contributed by atoms with Crippen molar-refractivity contribution in [3.8, 4) is 16.9 Å². The molecule has 0 unspecified atom stereocenters. The number of fused-ring (bicyclic) bond motifs is 1. The van der Waals surface area contributed by atoms with E-state index in [0.717, 1.165) is 16.8 Å². The maximum atomic E-state index is 12.3. The average Bonchev–Trinajstić information content (AvgIpc) is 2.98. The Morgan fingerprint density at radius 2 is 1.52 bits per heavy atom. The highest BCUT2D eigenvalue weighted by atomic mass is 16.5. The van der Waals surface area contributed by atoms with Crippen LogP contribution in [0.2, 0.25) is 0 Å². The molecule has 25 heavy (non-hydrogen) atoms. The van der Waals surface area contributed by atoms with Crippen LogP contribution >= 0.6 is 0 Å². The van der Waals surface area contributed by atoms with Crippen LogP contribution in [0.15, 0.2) is 78.9 Å². The number of aryl methyl sites for hydroxylation is 1. The molecule has 0 saturated heterocycles. The number of carbonyl (C=O) groups is 1. The minimum absolute atomic E-state index is 0.353. The molecule has 3 nitrogen and oxygen atoms in total. The van der Waals surface area contributed by atoms with Gasteiger partial charge in [-0.1, -0.05) is 48.5 Å². The van der Waals surface area contributed by atoms with E-state index in [1.54, 1.807) is 12.1 Å². The third-order valence-electron chi connectivity index (χ3n) is 4.26. The van der Waals surface area contributed by atoms with Gasteiger partial charge in [0.1, 0.15) is 5.75 Å². The summed E-state index contributed by atoms with van der Waals surface area (Å²) in [6.07, 6.45) is 0. The van der Waals surface area contributed by atoms with E-state index in [0.29, 0.717) is 11.3 Å². The second kappa shape index (κ2) is 6.29. The number of nitrogens with one attached hydrogen (secondary N) is 1. The van der Waals surface area contributed by atoms with Crippen molar-refractivity contribution >= 4 is 16.9 Å². The lowest BCUT2D eigenvalue weighted by molar-refractivity contribution is 0.0735. The third-order valence-corrected chi connectivity index (χ3v) is 4.26. The summed E-state index contributed by atoms with van der Waals surface area (Å²) in [5, 5.41) is 1.18. The lowest BCUT2D eigenvalue weighted by atomic mass is 10.0. The summed E-state index contributed by atoms with van der Waals surface area (Å²) in [6.45, 7) is 2.06. The van der Waals surface area contributed by atoms with Crippen molar-refractivity contribution in [1.29, 1.82) is 0 Å². The first-order chi connectivity index (χ1) is 12.2. The van der Waals surface area contributed by atoms with E-state index in [2.05, 4.69) is 24.0 Å². The van der Waals surface area contributed by atoms with Crippen molar-refractivity contribution in [2.24, 2.45) is 0 Å². The molecule has 4 rings (SSSR count). The molecular weight excluding hydrogens is 310 g/mol. The van der Waals surface area contributed by atoms with Gasteiger partial charge in [-0.25, -0.2) is 4.79 Å². The highest BCUT2D eigenvalue weighted by Gasteiger charge is 2.12. The van der Waals surface area contributed by atoms with Gasteiger partial charge in [-0.2, -0.15) is 0 Å². The average molecular weight is 327 g/mol. The normalized spacial score (nSPS) is 10.8. The van der Waals surface area contributed by atoms with Crippen molar-refractivity contribution in [2.75, 3.05) is 0 Å². The van der Waals surface area contributed by atoms with E-state index in [4.69, 9.17) is 4.74 Å². The first-order valence-electron chi connectivity index (χ1n) is 8.17. The summed E-state index contributed by atoms with van der Waals surface area (Å²) >= 11 is 0. The Labute approximate surface area is 145 Å². The predicted molar refractivity (Wildman–Crippen MR) is 99.9 cm³/mol. The number of H-pyrrole nitrogens is 1. The van der Waals surface area contributed by atoms with Crippen LogP contribution in [-0.2, 0) is 0 Å². The van der Waals surface area contributed by atoms with Gasteiger partial charge in [0, 0.05) is 22.2 Å². The zero-order valence-corrected chi connectivity index (χ0v) is 13.8. The van der Waals surface area contributed by atoms with Crippen LogP contribution in [0.4, 0.5) is 0 Å². The fourth-order valence-electron chi connectivity index (χ4n) is 3.08. The van der Waals surface area contributed by atoms with Gasteiger partial charge in [-0.3, -0.25) is 0 Å². The molecule has 0 spiro atoms. The Kier molecular flexibility index (Phi) is 3.82. The molecule has 0 bridgehead atoms. The molecule has 3 heteroatoms. The number of benzene rings is 3. The number of para-hydroxylation sites is 2. The van der Waals surface area contributed by atoms with Crippen LogP contribution in [-0.4, -0.2) is 11.0 Å².